The van der Waals surface area contributed by atoms with Crippen LogP contribution in [0.4, 0.5) is 0 Å². The zero-order chi connectivity index (χ0) is 14.0. The molecule has 110 valence electrons. The molecule has 0 aromatic heterocycles. The molecule has 0 bridgehead atoms. The van der Waals surface area contributed by atoms with E-state index in [0.717, 1.165) is 18.9 Å². The molecule has 1 saturated carbocycles. The summed E-state index contributed by atoms with van der Waals surface area (Å²) in [6.45, 7) is 8.51. The Balaban J connectivity index is 1.66. The lowest BCUT2D eigenvalue weighted by molar-refractivity contribution is 0.0966. The van der Waals surface area contributed by atoms with Crippen molar-refractivity contribution in [3.63, 3.8) is 0 Å². The molecule has 2 nitrogen and oxygen atoms in total. The molecule has 1 heterocycles. The van der Waals surface area contributed by atoms with Crippen LogP contribution in [-0.4, -0.2) is 36.1 Å². The van der Waals surface area contributed by atoms with Crippen LogP contribution in [0.3, 0.4) is 0 Å². The zero-order valence-corrected chi connectivity index (χ0v) is 12.9. The third-order valence-electron chi connectivity index (χ3n) is 5.19. The van der Waals surface area contributed by atoms with E-state index in [2.05, 4.69) is 54.4 Å². The van der Waals surface area contributed by atoms with Crippen LogP contribution >= 0.6 is 0 Å². The fraction of sp³-hybridized carbons (Fsp3) is 0.667. The normalized spacial score (nSPS) is 25.4. The Morgan fingerprint density at radius 3 is 2.65 bits per heavy atom. The molecule has 2 fully saturated rings. The molecular formula is C18H28N2. The van der Waals surface area contributed by atoms with Crippen LogP contribution in [0, 0.1) is 5.92 Å². The van der Waals surface area contributed by atoms with Gasteiger partial charge in [-0.2, -0.15) is 0 Å². The van der Waals surface area contributed by atoms with Gasteiger partial charge in [-0.25, -0.2) is 0 Å². The van der Waals surface area contributed by atoms with Gasteiger partial charge in [-0.05, 0) is 64.1 Å². The molecule has 20 heavy (non-hydrogen) atoms. The van der Waals surface area contributed by atoms with Crippen molar-refractivity contribution in [2.24, 2.45) is 5.92 Å². The average molecular weight is 272 g/mol. The predicted octanol–water partition coefficient (Wildman–Crippen LogP) is 3.08. The summed E-state index contributed by atoms with van der Waals surface area (Å²) in [6.07, 6.45) is 5.29. The highest BCUT2D eigenvalue weighted by Crippen LogP contribution is 2.43. The average Bonchev–Trinajstić information content (AvgIpc) is 3.27. The minimum atomic E-state index is 0.390. The van der Waals surface area contributed by atoms with Gasteiger partial charge in [0.25, 0.3) is 0 Å². The van der Waals surface area contributed by atoms with E-state index in [1.165, 1.54) is 37.9 Å². The largest absolute Gasteiger partial charge is 0.312 e. The second-order valence-electron chi connectivity index (χ2n) is 7.07. The quantitative estimate of drug-likeness (QED) is 0.906. The molecule has 1 N–H and O–H groups in total. The molecule has 2 heteroatoms. The van der Waals surface area contributed by atoms with Crippen molar-refractivity contribution < 1.29 is 0 Å². The Morgan fingerprint density at radius 1 is 1.20 bits per heavy atom. The van der Waals surface area contributed by atoms with Crippen molar-refractivity contribution in [1.29, 1.82) is 0 Å². The maximum absolute atomic E-state index is 3.75. The lowest BCUT2D eigenvalue weighted by atomic mass is 9.94. The Labute approximate surface area is 123 Å². The van der Waals surface area contributed by atoms with Crippen LogP contribution < -0.4 is 5.32 Å². The van der Waals surface area contributed by atoms with E-state index < -0.39 is 0 Å². The first-order valence-electron chi connectivity index (χ1n) is 8.18. The lowest BCUT2D eigenvalue weighted by Gasteiger charge is -2.39. The molecule has 1 aliphatic heterocycles. The summed E-state index contributed by atoms with van der Waals surface area (Å²) >= 11 is 0. The smallest absolute Gasteiger partial charge is 0.0235 e. The van der Waals surface area contributed by atoms with Crippen molar-refractivity contribution in [3.05, 3.63) is 35.9 Å². The van der Waals surface area contributed by atoms with E-state index >= 15 is 0 Å². The fourth-order valence-electron chi connectivity index (χ4n) is 3.60. The van der Waals surface area contributed by atoms with Gasteiger partial charge in [0, 0.05) is 18.1 Å². The highest BCUT2D eigenvalue weighted by molar-refractivity contribution is 5.16. The van der Waals surface area contributed by atoms with Crippen molar-refractivity contribution in [2.45, 2.75) is 51.1 Å². The highest BCUT2D eigenvalue weighted by Gasteiger charge is 2.42. The third kappa shape index (κ3) is 3.24. The van der Waals surface area contributed by atoms with Crippen LogP contribution in [0.1, 0.15) is 38.7 Å². The summed E-state index contributed by atoms with van der Waals surface area (Å²) in [5.41, 5.74) is 1.84. The van der Waals surface area contributed by atoms with E-state index in [0.29, 0.717) is 11.6 Å². The monoisotopic (exact) mass is 272 g/mol. The molecule has 0 amide bonds. The fourth-order valence-corrected chi connectivity index (χ4v) is 3.60. The summed E-state index contributed by atoms with van der Waals surface area (Å²) in [7, 11) is 0. The zero-order valence-electron chi connectivity index (χ0n) is 12.9. The maximum atomic E-state index is 3.75. The topological polar surface area (TPSA) is 15.3 Å². The van der Waals surface area contributed by atoms with Crippen LogP contribution in [0.2, 0.25) is 0 Å². The third-order valence-corrected chi connectivity index (χ3v) is 5.19. The van der Waals surface area contributed by atoms with Gasteiger partial charge in [0.15, 0.2) is 0 Å². The van der Waals surface area contributed by atoms with E-state index in [1.807, 2.05) is 0 Å². The number of benzene rings is 1. The summed E-state index contributed by atoms with van der Waals surface area (Å²) in [5.74, 6) is 0.929. The van der Waals surface area contributed by atoms with Crippen molar-refractivity contribution in [3.8, 4) is 0 Å². The molecular weight excluding hydrogens is 244 g/mol. The second kappa shape index (κ2) is 5.87. The summed E-state index contributed by atoms with van der Waals surface area (Å²) in [6, 6.07) is 11.5. The van der Waals surface area contributed by atoms with Crippen molar-refractivity contribution in [2.75, 3.05) is 19.6 Å². The number of nitrogens with one attached hydrogen (secondary N) is 1. The summed E-state index contributed by atoms with van der Waals surface area (Å²) in [5, 5.41) is 3.75. The molecule has 1 unspecified atom stereocenters. The molecule has 1 aromatic carbocycles. The number of rotatable bonds is 4. The maximum Gasteiger partial charge on any atom is 0.0235 e. The van der Waals surface area contributed by atoms with Crippen LogP contribution in [0.25, 0.3) is 0 Å². The van der Waals surface area contributed by atoms with Gasteiger partial charge in [0.05, 0.1) is 0 Å². The number of hydrogen-bond acceptors (Lipinski definition) is 2. The van der Waals surface area contributed by atoms with Gasteiger partial charge in [-0.3, -0.25) is 4.90 Å². The minimum absolute atomic E-state index is 0.390. The van der Waals surface area contributed by atoms with Gasteiger partial charge in [-0.15, -0.1) is 0 Å². The van der Waals surface area contributed by atoms with Crippen LogP contribution in [-0.2, 0) is 6.42 Å². The van der Waals surface area contributed by atoms with Gasteiger partial charge >= 0.3 is 0 Å². The van der Waals surface area contributed by atoms with Gasteiger partial charge in [0.1, 0.15) is 0 Å². The summed E-state index contributed by atoms with van der Waals surface area (Å²) in [4.78, 5) is 2.75. The van der Waals surface area contributed by atoms with Gasteiger partial charge in [-0.1, -0.05) is 30.3 Å². The first-order valence-corrected chi connectivity index (χ1v) is 8.18. The molecule has 2 aliphatic rings. The Morgan fingerprint density at radius 2 is 1.95 bits per heavy atom. The molecule has 0 spiro atoms. The number of hydrogen-bond donors (Lipinski definition) is 1. The van der Waals surface area contributed by atoms with Crippen molar-refractivity contribution in [1.82, 2.24) is 10.2 Å². The Bertz CT molecular complexity index is 422. The lowest BCUT2D eigenvalue weighted by Crippen LogP contribution is -2.50. The van der Waals surface area contributed by atoms with Crippen LogP contribution in [0.5, 0.6) is 0 Å². The standard InChI is InChI=1S/C18H28N2/c1-18(2,16-9-10-16)20-12-6-11-19-17(14-20)13-15-7-4-3-5-8-15/h3-5,7-8,16-17,19H,6,9-14H2,1-2H3. The molecule has 1 atom stereocenters. The first kappa shape index (κ1) is 14.1. The predicted molar refractivity (Wildman–Crippen MR) is 84.9 cm³/mol. The molecule has 3 rings (SSSR count). The highest BCUT2D eigenvalue weighted by atomic mass is 15.2. The summed E-state index contributed by atoms with van der Waals surface area (Å²) < 4.78 is 0. The van der Waals surface area contributed by atoms with E-state index in [4.69, 9.17) is 0 Å². The second-order valence-corrected chi connectivity index (χ2v) is 7.07. The molecule has 1 saturated heterocycles. The number of nitrogens with zero attached hydrogens (tertiary/aromatic N) is 1. The van der Waals surface area contributed by atoms with Gasteiger partial charge in [0.2, 0.25) is 0 Å². The first-order chi connectivity index (χ1) is 9.66. The van der Waals surface area contributed by atoms with Crippen LogP contribution in [0.15, 0.2) is 30.3 Å². The Kier molecular flexibility index (Phi) is 4.13. The van der Waals surface area contributed by atoms with E-state index in [9.17, 15) is 0 Å². The SMILES string of the molecule is CC(C)(C1CC1)N1CCCNC(Cc2ccccc2)C1. The molecule has 0 radical (unpaired) electrons. The van der Waals surface area contributed by atoms with Gasteiger partial charge < -0.3 is 5.32 Å². The van der Waals surface area contributed by atoms with E-state index in [1.54, 1.807) is 0 Å². The Hall–Kier alpha value is -0.860. The molecule has 1 aromatic rings. The van der Waals surface area contributed by atoms with E-state index in [-0.39, 0.29) is 0 Å². The molecule has 1 aliphatic carbocycles. The minimum Gasteiger partial charge on any atom is -0.312 e. The van der Waals surface area contributed by atoms with Crippen molar-refractivity contribution >= 4 is 0 Å².